The Bertz CT molecular complexity index is 660. The van der Waals surface area contributed by atoms with E-state index in [1.54, 1.807) is 12.1 Å². The maximum Gasteiger partial charge on any atom is 0.233 e. The first-order valence-corrected chi connectivity index (χ1v) is 8.85. The number of halogens is 1. The van der Waals surface area contributed by atoms with Crippen LogP contribution in [-0.4, -0.2) is 47.8 Å². The molecule has 2 saturated carbocycles. The van der Waals surface area contributed by atoms with Gasteiger partial charge in [0.05, 0.1) is 5.41 Å². The van der Waals surface area contributed by atoms with E-state index in [0.717, 1.165) is 24.8 Å². The molecule has 1 aromatic rings. The van der Waals surface area contributed by atoms with Crippen molar-refractivity contribution < 1.29 is 14.0 Å². The minimum Gasteiger partial charge on any atom is -0.339 e. The van der Waals surface area contributed by atoms with Crippen LogP contribution in [0.5, 0.6) is 0 Å². The summed E-state index contributed by atoms with van der Waals surface area (Å²) in [6.45, 7) is 4.59. The van der Waals surface area contributed by atoms with E-state index in [-0.39, 0.29) is 23.5 Å². The molecular weight excluding hydrogens is 307 g/mol. The van der Waals surface area contributed by atoms with Crippen molar-refractivity contribution in [2.75, 3.05) is 26.2 Å². The van der Waals surface area contributed by atoms with Gasteiger partial charge in [-0.1, -0.05) is 19.1 Å². The Morgan fingerprint density at radius 1 is 1.04 bits per heavy atom. The van der Waals surface area contributed by atoms with Crippen LogP contribution in [0.1, 0.15) is 31.7 Å². The predicted octanol–water partition coefficient (Wildman–Crippen LogP) is 2.18. The zero-order chi connectivity index (χ0) is 16.9. The Kier molecular flexibility index (Phi) is 3.62. The number of carbonyl (C=O) groups excluding carboxylic acids is 2. The minimum atomic E-state index is -0.453. The first-order valence-electron chi connectivity index (χ1n) is 8.85. The van der Waals surface area contributed by atoms with Crippen LogP contribution < -0.4 is 0 Å². The molecule has 2 amide bonds. The van der Waals surface area contributed by atoms with Gasteiger partial charge in [-0.2, -0.15) is 0 Å². The van der Waals surface area contributed by atoms with E-state index in [0.29, 0.717) is 32.1 Å². The van der Waals surface area contributed by atoms with Crippen LogP contribution in [0.25, 0.3) is 0 Å². The third kappa shape index (κ3) is 2.60. The van der Waals surface area contributed by atoms with E-state index in [4.69, 9.17) is 0 Å². The van der Waals surface area contributed by atoms with Crippen LogP contribution in [0, 0.1) is 17.7 Å². The van der Waals surface area contributed by atoms with E-state index in [1.165, 1.54) is 12.1 Å². The molecule has 2 atom stereocenters. The first-order chi connectivity index (χ1) is 11.5. The molecule has 3 aliphatic rings. The van der Waals surface area contributed by atoms with Crippen LogP contribution in [0.2, 0.25) is 0 Å². The van der Waals surface area contributed by atoms with Gasteiger partial charge in [0.2, 0.25) is 11.8 Å². The fourth-order valence-corrected chi connectivity index (χ4v) is 3.85. The van der Waals surface area contributed by atoms with Crippen LogP contribution in [-0.2, 0) is 15.0 Å². The molecule has 0 aromatic heterocycles. The smallest absolute Gasteiger partial charge is 0.233 e. The molecule has 1 aliphatic heterocycles. The Labute approximate surface area is 141 Å². The molecule has 1 aromatic carbocycles. The molecule has 2 aliphatic carbocycles. The third-order valence-corrected chi connectivity index (χ3v) is 5.86. The van der Waals surface area contributed by atoms with Gasteiger partial charge in [-0.15, -0.1) is 0 Å². The van der Waals surface area contributed by atoms with E-state index in [9.17, 15) is 14.0 Å². The second-order valence-electron chi connectivity index (χ2n) is 7.53. The van der Waals surface area contributed by atoms with Gasteiger partial charge in [0.25, 0.3) is 0 Å². The summed E-state index contributed by atoms with van der Waals surface area (Å²) >= 11 is 0. The number of amides is 2. The van der Waals surface area contributed by atoms with Crippen molar-refractivity contribution >= 4 is 11.8 Å². The fraction of sp³-hybridized carbons (Fsp3) is 0.579. The van der Waals surface area contributed by atoms with Gasteiger partial charge in [-0.25, -0.2) is 4.39 Å². The lowest BCUT2D eigenvalue weighted by Crippen LogP contribution is -2.53. The van der Waals surface area contributed by atoms with E-state index >= 15 is 0 Å². The van der Waals surface area contributed by atoms with Crippen LogP contribution >= 0.6 is 0 Å². The molecule has 3 fully saturated rings. The summed E-state index contributed by atoms with van der Waals surface area (Å²) < 4.78 is 13.1. The number of hydrogen-bond acceptors (Lipinski definition) is 2. The molecule has 4 nitrogen and oxygen atoms in total. The zero-order valence-corrected chi connectivity index (χ0v) is 14.0. The van der Waals surface area contributed by atoms with Gasteiger partial charge >= 0.3 is 0 Å². The summed E-state index contributed by atoms with van der Waals surface area (Å²) in [5.41, 5.74) is 0.462. The maximum absolute atomic E-state index is 13.1. The normalized spacial score (nSPS) is 27.8. The summed E-state index contributed by atoms with van der Waals surface area (Å²) in [5.74, 6) is 0.852. The third-order valence-electron chi connectivity index (χ3n) is 5.86. The lowest BCUT2D eigenvalue weighted by molar-refractivity contribution is -0.141. The Morgan fingerprint density at radius 2 is 1.58 bits per heavy atom. The summed E-state index contributed by atoms with van der Waals surface area (Å²) in [5, 5.41) is 0. The van der Waals surface area contributed by atoms with E-state index < -0.39 is 5.41 Å². The average molecular weight is 330 g/mol. The van der Waals surface area contributed by atoms with Gasteiger partial charge in [0.15, 0.2) is 0 Å². The highest BCUT2D eigenvalue weighted by Crippen LogP contribution is 2.49. The van der Waals surface area contributed by atoms with Crippen molar-refractivity contribution in [2.24, 2.45) is 11.8 Å². The van der Waals surface area contributed by atoms with Gasteiger partial charge in [0.1, 0.15) is 5.82 Å². The highest BCUT2D eigenvalue weighted by molar-refractivity contribution is 5.91. The fourth-order valence-electron chi connectivity index (χ4n) is 3.85. The van der Waals surface area contributed by atoms with Crippen molar-refractivity contribution in [3.63, 3.8) is 0 Å². The molecular formula is C19H23FN2O2. The molecule has 0 spiro atoms. The van der Waals surface area contributed by atoms with Crippen molar-refractivity contribution in [3.05, 3.63) is 35.6 Å². The zero-order valence-electron chi connectivity index (χ0n) is 14.0. The first kappa shape index (κ1) is 15.6. The van der Waals surface area contributed by atoms with E-state index in [2.05, 4.69) is 6.92 Å². The quantitative estimate of drug-likeness (QED) is 0.852. The second kappa shape index (κ2) is 5.57. The lowest BCUT2D eigenvalue weighted by atomic mass is 9.94. The van der Waals surface area contributed by atoms with Crippen molar-refractivity contribution in [2.45, 2.75) is 31.6 Å². The topological polar surface area (TPSA) is 40.6 Å². The van der Waals surface area contributed by atoms with Crippen LogP contribution in [0.3, 0.4) is 0 Å². The number of benzene rings is 1. The number of carbonyl (C=O) groups is 2. The molecule has 0 N–H and O–H groups in total. The Hall–Kier alpha value is -1.91. The molecule has 0 radical (unpaired) electrons. The average Bonchev–Trinajstić information content (AvgIpc) is 3.51. The van der Waals surface area contributed by atoms with Crippen molar-refractivity contribution in [1.82, 2.24) is 9.80 Å². The van der Waals surface area contributed by atoms with Crippen molar-refractivity contribution in [1.29, 1.82) is 0 Å². The summed E-state index contributed by atoms with van der Waals surface area (Å²) in [4.78, 5) is 29.1. The largest absolute Gasteiger partial charge is 0.339 e. The molecule has 4 rings (SSSR count). The van der Waals surface area contributed by atoms with Gasteiger partial charge in [0, 0.05) is 32.1 Å². The monoisotopic (exact) mass is 330 g/mol. The predicted molar refractivity (Wildman–Crippen MR) is 87.7 cm³/mol. The minimum absolute atomic E-state index is 0.140. The van der Waals surface area contributed by atoms with Gasteiger partial charge in [-0.05, 0) is 42.9 Å². The van der Waals surface area contributed by atoms with Crippen LogP contribution in [0.4, 0.5) is 4.39 Å². The summed E-state index contributed by atoms with van der Waals surface area (Å²) in [6.07, 6.45) is 2.66. The van der Waals surface area contributed by atoms with Crippen LogP contribution in [0.15, 0.2) is 24.3 Å². The molecule has 1 saturated heterocycles. The number of piperazine rings is 1. The van der Waals surface area contributed by atoms with Crippen molar-refractivity contribution in [3.8, 4) is 0 Å². The number of rotatable bonds is 3. The maximum atomic E-state index is 13.1. The lowest BCUT2D eigenvalue weighted by Gasteiger charge is -2.37. The Morgan fingerprint density at radius 3 is 2.08 bits per heavy atom. The molecule has 128 valence electrons. The highest BCUT2D eigenvalue weighted by Gasteiger charge is 2.53. The number of hydrogen-bond donors (Lipinski definition) is 0. The molecule has 5 heteroatoms. The summed E-state index contributed by atoms with van der Waals surface area (Å²) in [7, 11) is 0. The second-order valence-corrected chi connectivity index (χ2v) is 7.53. The van der Waals surface area contributed by atoms with E-state index in [1.807, 2.05) is 9.80 Å². The standard InChI is InChI=1S/C19H23FN2O2/c1-13-12-16(13)17(23)21-8-10-22(11-9-21)18(24)19(6-7-19)14-2-4-15(20)5-3-14/h2-5,13,16H,6-12H2,1H3/t13-,16-/m0/s1. The molecule has 0 bridgehead atoms. The van der Waals surface area contributed by atoms with Gasteiger partial charge in [-0.3, -0.25) is 9.59 Å². The molecule has 0 unspecified atom stereocenters. The SMILES string of the molecule is C[C@H]1C[C@@H]1C(=O)N1CCN(C(=O)C2(c3ccc(F)cc3)CC2)CC1. The van der Waals surface area contributed by atoms with Gasteiger partial charge < -0.3 is 9.80 Å². The summed E-state index contributed by atoms with van der Waals surface area (Å²) in [6, 6.07) is 6.31. The Balaban J connectivity index is 1.39. The molecule has 24 heavy (non-hydrogen) atoms. The highest BCUT2D eigenvalue weighted by atomic mass is 19.1. The number of nitrogens with zero attached hydrogens (tertiary/aromatic N) is 2. The molecule has 1 heterocycles.